The van der Waals surface area contributed by atoms with E-state index in [4.69, 9.17) is 4.52 Å². The molecule has 4 nitrogen and oxygen atoms in total. The van der Waals surface area contributed by atoms with E-state index in [0.717, 1.165) is 16.7 Å². The zero-order chi connectivity index (χ0) is 17.0. The maximum Gasteiger partial charge on any atom is 0.524 e. The molecule has 2 N–H and O–H groups in total. The third kappa shape index (κ3) is 4.12. The quantitative estimate of drug-likeness (QED) is 0.675. The summed E-state index contributed by atoms with van der Waals surface area (Å²) in [7, 11) is -4.67. The van der Waals surface area contributed by atoms with Crippen LogP contribution >= 0.6 is 7.82 Å². The van der Waals surface area contributed by atoms with Gasteiger partial charge in [0.1, 0.15) is 5.75 Å². The van der Waals surface area contributed by atoms with E-state index in [1.54, 1.807) is 6.07 Å². The Morgan fingerprint density at radius 3 is 2.04 bits per heavy atom. The van der Waals surface area contributed by atoms with Crippen LogP contribution in [0.2, 0.25) is 0 Å². The fourth-order valence-corrected chi connectivity index (χ4v) is 3.07. The lowest BCUT2D eigenvalue weighted by atomic mass is 9.97. The molecular weight excluding hydrogens is 323 g/mol. The van der Waals surface area contributed by atoms with E-state index in [2.05, 4.69) is 0 Å². The van der Waals surface area contributed by atoms with E-state index in [1.807, 2.05) is 72.8 Å². The number of phosphoric ester groups is 1. The zero-order valence-electron chi connectivity index (χ0n) is 12.9. The van der Waals surface area contributed by atoms with Crippen LogP contribution in [0, 0.1) is 0 Å². The maximum atomic E-state index is 11.5. The Labute approximate surface area is 140 Å². The molecule has 0 aliphatic heterocycles. The largest absolute Gasteiger partial charge is 0.524 e. The second-order valence-electron chi connectivity index (χ2n) is 5.40. The molecule has 0 aliphatic carbocycles. The van der Waals surface area contributed by atoms with Gasteiger partial charge in [0.15, 0.2) is 0 Å². The van der Waals surface area contributed by atoms with E-state index in [1.165, 1.54) is 0 Å². The molecule has 24 heavy (non-hydrogen) atoms. The standard InChI is InChI=1S/C19H17O4P/c20-24(21,22)23-19-17(14-15-8-3-1-4-9-15)12-7-13-18(19)16-10-5-2-6-11-16/h1-13H,14H2,(H2,20,21,22). The second-order valence-corrected chi connectivity index (χ2v) is 6.57. The third-order valence-electron chi connectivity index (χ3n) is 3.63. The summed E-state index contributed by atoms with van der Waals surface area (Å²) in [6.07, 6.45) is 0.525. The molecule has 5 heteroatoms. The van der Waals surface area contributed by atoms with Crippen LogP contribution in [0.5, 0.6) is 5.75 Å². The molecule has 0 aromatic heterocycles. The summed E-state index contributed by atoms with van der Waals surface area (Å²) >= 11 is 0. The number of phosphoric acid groups is 1. The van der Waals surface area contributed by atoms with Gasteiger partial charge in [0, 0.05) is 12.0 Å². The van der Waals surface area contributed by atoms with Gasteiger partial charge in [-0.05, 0) is 16.7 Å². The van der Waals surface area contributed by atoms with Crippen LogP contribution in [0.15, 0.2) is 78.9 Å². The van der Waals surface area contributed by atoms with Crippen molar-refractivity contribution in [3.63, 3.8) is 0 Å². The Hall–Kier alpha value is -2.39. The van der Waals surface area contributed by atoms with Gasteiger partial charge >= 0.3 is 7.82 Å². The van der Waals surface area contributed by atoms with Crippen molar-refractivity contribution >= 4 is 7.82 Å². The molecule has 0 bridgehead atoms. The van der Waals surface area contributed by atoms with Crippen LogP contribution in [-0.4, -0.2) is 9.79 Å². The van der Waals surface area contributed by atoms with Crippen LogP contribution in [0.3, 0.4) is 0 Å². The molecule has 0 radical (unpaired) electrons. The summed E-state index contributed by atoms with van der Waals surface area (Å²) in [5.41, 5.74) is 3.27. The molecule has 0 spiro atoms. The Morgan fingerprint density at radius 2 is 1.42 bits per heavy atom. The molecule has 0 aliphatic rings. The first kappa shape index (κ1) is 16.5. The molecule has 0 unspecified atom stereocenters. The predicted molar refractivity (Wildman–Crippen MR) is 93.8 cm³/mol. The van der Waals surface area contributed by atoms with Crippen molar-refractivity contribution in [1.29, 1.82) is 0 Å². The molecular formula is C19H17O4P. The molecule has 0 atom stereocenters. The van der Waals surface area contributed by atoms with E-state index >= 15 is 0 Å². The highest BCUT2D eigenvalue weighted by Gasteiger charge is 2.22. The monoisotopic (exact) mass is 340 g/mol. The van der Waals surface area contributed by atoms with Crippen molar-refractivity contribution in [2.24, 2.45) is 0 Å². The van der Waals surface area contributed by atoms with E-state index in [0.29, 0.717) is 12.0 Å². The molecule has 0 saturated carbocycles. The van der Waals surface area contributed by atoms with Crippen LogP contribution in [-0.2, 0) is 11.0 Å². The first-order valence-corrected chi connectivity index (χ1v) is 9.02. The normalized spacial score (nSPS) is 11.2. The lowest BCUT2D eigenvalue weighted by Crippen LogP contribution is -1.99. The Kier molecular flexibility index (Phi) is 4.81. The Balaban J connectivity index is 2.09. The van der Waals surface area contributed by atoms with E-state index in [-0.39, 0.29) is 5.75 Å². The number of para-hydroxylation sites is 1. The summed E-state index contributed by atoms with van der Waals surface area (Å²) < 4.78 is 16.5. The molecule has 3 aromatic carbocycles. The summed E-state index contributed by atoms with van der Waals surface area (Å²) in [5, 5.41) is 0. The zero-order valence-corrected chi connectivity index (χ0v) is 13.8. The van der Waals surface area contributed by atoms with Crippen molar-refractivity contribution in [3.8, 4) is 16.9 Å². The van der Waals surface area contributed by atoms with Crippen LogP contribution < -0.4 is 4.52 Å². The van der Waals surface area contributed by atoms with Crippen molar-refractivity contribution in [3.05, 3.63) is 90.0 Å². The van der Waals surface area contributed by atoms with Crippen LogP contribution in [0.1, 0.15) is 11.1 Å². The minimum Gasteiger partial charge on any atom is -0.403 e. The Bertz CT molecular complexity index is 857. The second kappa shape index (κ2) is 7.02. The molecule has 0 fully saturated rings. The topological polar surface area (TPSA) is 66.8 Å². The van der Waals surface area contributed by atoms with Crippen molar-refractivity contribution < 1.29 is 18.9 Å². The summed E-state index contributed by atoms with van der Waals surface area (Å²) in [6.45, 7) is 0. The van der Waals surface area contributed by atoms with Gasteiger partial charge in [-0.3, -0.25) is 9.79 Å². The minimum atomic E-state index is -4.67. The van der Waals surface area contributed by atoms with Gasteiger partial charge in [0.25, 0.3) is 0 Å². The summed E-state index contributed by atoms with van der Waals surface area (Å²) in [4.78, 5) is 18.6. The van der Waals surface area contributed by atoms with Gasteiger partial charge in [0.05, 0.1) is 0 Å². The predicted octanol–water partition coefficient (Wildman–Crippen LogP) is 4.42. The highest BCUT2D eigenvalue weighted by atomic mass is 31.2. The summed E-state index contributed by atoms with van der Waals surface area (Å²) in [6, 6.07) is 24.6. The molecule has 122 valence electrons. The van der Waals surface area contributed by atoms with Crippen LogP contribution in [0.25, 0.3) is 11.1 Å². The molecule has 0 saturated heterocycles. The minimum absolute atomic E-state index is 0.223. The van der Waals surface area contributed by atoms with Gasteiger partial charge in [-0.2, -0.15) is 0 Å². The van der Waals surface area contributed by atoms with Crippen molar-refractivity contribution in [1.82, 2.24) is 0 Å². The highest BCUT2D eigenvalue weighted by molar-refractivity contribution is 7.46. The van der Waals surface area contributed by atoms with Crippen molar-refractivity contribution in [2.45, 2.75) is 6.42 Å². The number of benzene rings is 3. The fraction of sp³-hybridized carbons (Fsp3) is 0.0526. The fourth-order valence-electron chi connectivity index (χ4n) is 2.61. The molecule has 0 amide bonds. The number of hydrogen-bond acceptors (Lipinski definition) is 2. The summed E-state index contributed by atoms with van der Waals surface area (Å²) in [5.74, 6) is 0.223. The van der Waals surface area contributed by atoms with Gasteiger partial charge < -0.3 is 4.52 Å². The smallest absolute Gasteiger partial charge is 0.403 e. The van der Waals surface area contributed by atoms with E-state index in [9.17, 15) is 14.4 Å². The molecule has 3 rings (SSSR count). The Morgan fingerprint density at radius 1 is 0.792 bits per heavy atom. The SMILES string of the molecule is O=P(O)(O)Oc1c(Cc2ccccc2)cccc1-c1ccccc1. The average Bonchev–Trinajstić information content (AvgIpc) is 2.57. The van der Waals surface area contributed by atoms with Crippen molar-refractivity contribution in [2.75, 3.05) is 0 Å². The number of rotatable bonds is 5. The van der Waals surface area contributed by atoms with E-state index < -0.39 is 7.82 Å². The number of hydrogen-bond donors (Lipinski definition) is 2. The molecule has 0 heterocycles. The van der Waals surface area contributed by atoms with Gasteiger partial charge in [-0.25, -0.2) is 4.57 Å². The first-order chi connectivity index (χ1) is 11.5. The van der Waals surface area contributed by atoms with Gasteiger partial charge in [-0.1, -0.05) is 78.9 Å². The van der Waals surface area contributed by atoms with Gasteiger partial charge in [0.2, 0.25) is 0 Å². The highest BCUT2D eigenvalue weighted by Crippen LogP contribution is 2.44. The van der Waals surface area contributed by atoms with Gasteiger partial charge in [-0.15, -0.1) is 0 Å². The van der Waals surface area contributed by atoms with Crippen LogP contribution in [0.4, 0.5) is 0 Å². The third-order valence-corrected chi connectivity index (χ3v) is 4.05. The first-order valence-electron chi connectivity index (χ1n) is 7.49. The average molecular weight is 340 g/mol. The lowest BCUT2D eigenvalue weighted by molar-refractivity contribution is 0.283. The lowest BCUT2D eigenvalue weighted by Gasteiger charge is -2.16. The maximum absolute atomic E-state index is 11.5. The molecule has 3 aromatic rings.